The first-order valence-corrected chi connectivity index (χ1v) is 12.0. The lowest BCUT2D eigenvalue weighted by Crippen LogP contribution is -2.34. The second-order valence-corrected chi connectivity index (χ2v) is 10.2. The molecular formula is C24H31N5O2S. The van der Waals surface area contributed by atoms with Crippen molar-refractivity contribution in [2.24, 2.45) is 21.8 Å². The second kappa shape index (κ2) is 8.73. The first-order chi connectivity index (χ1) is 15.3. The Balaban J connectivity index is 1.45. The number of hydrogen-bond donors (Lipinski definition) is 1. The number of methoxy groups -OCH3 is 1. The summed E-state index contributed by atoms with van der Waals surface area (Å²) in [4.78, 5) is 12.6. The number of hydrazone groups is 1. The summed E-state index contributed by atoms with van der Waals surface area (Å²) >= 11 is 1.34. The molecule has 1 N–H and O–H groups in total. The van der Waals surface area contributed by atoms with Gasteiger partial charge in [-0.2, -0.15) is 5.10 Å². The molecule has 2 saturated carbocycles. The lowest BCUT2D eigenvalue weighted by Gasteiger charge is -2.34. The monoisotopic (exact) mass is 453 g/mol. The van der Waals surface area contributed by atoms with Gasteiger partial charge in [0.15, 0.2) is 11.0 Å². The smallest absolute Gasteiger partial charge is 0.250 e. The third kappa shape index (κ3) is 3.74. The molecule has 2 aliphatic rings. The van der Waals surface area contributed by atoms with Gasteiger partial charge in [-0.25, -0.2) is 5.43 Å². The van der Waals surface area contributed by atoms with Crippen LogP contribution in [0.4, 0.5) is 0 Å². The maximum Gasteiger partial charge on any atom is 0.250 e. The van der Waals surface area contributed by atoms with E-state index < -0.39 is 0 Å². The van der Waals surface area contributed by atoms with Gasteiger partial charge in [0.25, 0.3) is 5.91 Å². The minimum absolute atomic E-state index is 0.0753. The summed E-state index contributed by atoms with van der Waals surface area (Å²) in [6, 6.07) is 7.67. The van der Waals surface area contributed by atoms with E-state index in [0.717, 1.165) is 29.9 Å². The molecule has 2 aliphatic carbocycles. The maximum absolute atomic E-state index is 12.6. The largest absolute Gasteiger partial charge is 0.496 e. The number of allylic oxidation sites excluding steroid dienone is 1. The van der Waals surface area contributed by atoms with Gasteiger partial charge in [0, 0.05) is 17.7 Å². The molecule has 170 valence electrons. The number of nitrogens with one attached hydrogen (secondary N) is 1. The van der Waals surface area contributed by atoms with Crippen molar-refractivity contribution in [3.63, 3.8) is 0 Å². The molecule has 2 atom stereocenters. The lowest BCUT2D eigenvalue weighted by atomic mass is 9.70. The molecule has 0 saturated heterocycles. The predicted molar refractivity (Wildman–Crippen MR) is 128 cm³/mol. The quantitative estimate of drug-likeness (QED) is 0.360. The van der Waals surface area contributed by atoms with Crippen LogP contribution in [-0.4, -0.2) is 39.2 Å². The molecule has 0 aliphatic heterocycles. The standard InChI is InChI=1S/C24H31N5O2S/c1-6-13-29-21(17-9-7-8-10-18(17)31-5)27-28-22(29)32-15-20(30)26-25-19-14-16-11-12-24(19,4)23(16,2)3/h6-10,16H,1,11-15H2,2-5H3,(H,26,30)/b25-19+. The fourth-order valence-corrected chi connectivity index (χ4v) is 5.85. The normalized spacial score (nSPS) is 24.6. The van der Waals surface area contributed by atoms with Crippen LogP contribution in [0.1, 0.15) is 40.0 Å². The van der Waals surface area contributed by atoms with Crippen molar-refractivity contribution in [3.8, 4) is 17.1 Å². The van der Waals surface area contributed by atoms with E-state index in [1.165, 1.54) is 18.2 Å². The number of carbonyl (C=O) groups is 1. The van der Waals surface area contributed by atoms with Crippen molar-refractivity contribution in [1.82, 2.24) is 20.2 Å². The Morgan fingerprint density at radius 1 is 1.38 bits per heavy atom. The third-order valence-electron chi connectivity index (χ3n) is 7.54. The third-order valence-corrected chi connectivity index (χ3v) is 8.50. The molecule has 8 heteroatoms. The van der Waals surface area contributed by atoms with Crippen LogP contribution in [0.15, 0.2) is 47.2 Å². The summed E-state index contributed by atoms with van der Waals surface area (Å²) in [5, 5.41) is 13.9. The number of amides is 1. The van der Waals surface area contributed by atoms with Crippen molar-refractivity contribution in [3.05, 3.63) is 36.9 Å². The van der Waals surface area contributed by atoms with Crippen molar-refractivity contribution < 1.29 is 9.53 Å². The zero-order valence-electron chi connectivity index (χ0n) is 19.2. The van der Waals surface area contributed by atoms with Crippen molar-refractivity contribution in [2.45, 2.75) is 51.7 Å². The lowest BCUT2D eigenvalue weighted by molar-refractivity contribution is -0.118. The van der Waals surface area contributed by atoms with Crippen LogP contribution in [0.5, 0.6) is 5.75 Å². The van der Waals surface area contributed by atoms with Crippen LogP contribution >= 0.6 is 11.8 Å². The van der Waals surface area contributed by atoms with Crippen LogP contribution in [-0.2, 0) is 11.3 Å². The van der Waals surface area contributed by atoms with Crippen molar-refractivity contribution in [1.29, 1.82) is 0 Å². The van der Waals surface area contributed by atoms with E-state index >= 15 is 0 Å². The Morgan fingerprint density at radius 3 is 2.81 bits per heavy atom. The number of aromatic nitrogens is 3. The number of thioether (sulfide) groups is 1. The Bertz CT molecular complexity index is 1060. The van der Waals surface area contributed by atoms with E-state index in [1.807, 2.05) is 28.8 Å². The number of nitrogens with zero attached hydrogens (tertiary/aromatic N) is 4. The molecule has 2 aromatic rings. The summed E-state index contributed by atoms with van der Waals surface area (Å²) < 4.78 is 7.41. The molecule has 2 bridgehead atoms. The minimum atomic E-state index is -0.140. The van der Waals surface area contributed by atoms with E-state index in [0.29, 0.717) is 23.4 Å². The van der Waals surface area contributed by atoms with Gasteiger partial charge in [0.05, 0.1) is 18.4 Å². The van der Waals surface area contributed by atoms with Gasteiger partial charge in [0.1, 0.15) is 5.75 Å². The number of ether oxygens (including phenoxy) is 1. The molecule has 0 radical (unpaired) electrons. The highest BCUT2D eigenvalue weighted by molar-refractivity contribution is 7.99. The summed E-state index contributed by atoms with van der Waals surface area (Å²) in [5.74, 6) is 2.13. The molecule has 1 amide bonds. The van der Waals surface area contributed by atoms with Gasteiger partial charge >= 0.3 is 0 Å². The Kier molecular flexibility index (Phi) is 6.16. The van der Waals surface area contributed by atoms with E-state index in [-0.39, 0.29) is 22.5 Å². The molecule has 1 aromatic heterocycles. The summed E-state index contributed by atoms with van der Waals surface area (Å²) in [5.41, 5.74) is 5.07. The zero-order chi connectivity index (χ0) is 22.9. The SMILES string of the molecule is C=CCn1c(SCC(=O)N/N=C2\CC3CCC2(C)C3(C)C)nnc1-c1ccccc1OC. The number of fused-ring (bicyclic) bond motifs is 2. The number of carbonyl (C=O) groups excluding carboxylic acids is 1. The van der Waals surface area contributed by atoms with E-state index in [4.69, 9.17) is 4.74 Å². The van der Waals surface area contributed by atoms with Gasteiger partial charge in [-0.3, -0.25) is 9.36 Å². The highest BCUT2D eigenvalue weighted by Gasteiger charge is 2.60. The van der Waals surface area contributed by atoms with Crippen LogP contribution in [0, 0.1) is 16.7 Å². The predicted octanol–water partition coefficient (Wildman–Crippen LogP) is 4.55. The highest BCUT2D eigenvalue weighted by atomic mass is 32.2. The van der Waals surface area contributed by atoms with Gasteiger partial charge < -0.3 is 4.74 Å². The van der Waals surface area contributed by atoms with E-state index in [1.54, 1.807) is 13.2 Å². The molecular weight excluding hydrogens is 422 g/mol. The molecule has 2 fully saturated rings. The van der Waals surface area contributed by atoms with Crippen LogP contribution < -0.4 is 10.2 Å². The average molecular weight is 454 g/mol. The average Bonchev–Trinajstić information content (AvgIpc) is 3.34. The molecule has 1 aromatic carbocycles. The van der Waals surface area contributed by atoms with Crippen molar-refractivity contribution >= 4 is 23.4 Å². The van der Waals surface area contributed by atoms with Crippen LogP contribution in [0.2, 0.25) is 0 Å². The summed E-state index contributed by atoms with van der Waals surface area (Å²) in [7, 11) is 1.63. The van der Waals surface area contributed by atoms with E-state index in [9.17, 15) is 4.79 Å². The first kappa shape index (κ1) is 22.6. The molecule has 0 spiro atoms. The molecule has 1 heterocycles. The van der Waals surface area contributed by atoms with Gasteiger partial charge in [-0.05, 0) is 42.7 Å². The maximum atomic E-state index is 12.6. The Hall–Kier alpha value is -2.61. The van der Waals surface area contributed by atoms with Gasteiger partial charge in [-0.1, -0.05) is 50.7 Å². The molecule has 7 nitrogen and oxygen atoms in total. The minimum Gasteiger partial charge on any atom is -0.496 e. The topological polar surface area (TPSA) is 81.4 Å². The van der Waals surface area contributed by atoms with Gasteiger partial charge in [0.2, 0.25) is 0 Å². The fraction of sp³-hybridized carbons (Fsp3) is 0.500. The van der Waals surface area contributed by atoms with Crippen molar-refractivity contribution in [2.75, 3.05) is 12.9 Å². The van der Waals surface area contributed by atoms with Gasteiger partial charge in [-0.15, -0.1) is 16.8 Å². The highest BCUT2D eigenvalue weighted by Crippen LogP contribution is 2.63. The molecule has 2 unspecified atom stereocenters. The number of hydrogen-bond acceptors (Lipinski definition) is 6. The summed E-state index contributed by atoms with van der Waals surface area (Å²) in [6.45, 7) is 11.3. The van der Waals surface area contributed by atoms with E-state index in [2.05, 4.69) is 48.1 Å². The second-order valence-electron chi connectivity index (χ2n) is 9.28. The summed E-state index contributed by atoms with van der Waals surface area (Å²) in [6.07, 6.45) is 5.16. The first-order valence-electron chi connectivity index (χ1n) is 11.0. The Labute approximate surface area is 193 Å². The zero-order valence-corrected chi connectivity index (χ0v) is 20.0. The fourth-order valence-electron chi connectivity index (χ4n) is 5.11. The Morgan fingerprint density at radius 2 is 2.16 bits per heavy atom. The number of rotatable bonds is 8. The number of benzene rings is 1. The molecule has 4 rings (SSSR count). The van der Waals surface area contributed by atoms with Crippen LogP contribution in [0.25, 0.3) is 11.4 Å². The molecule has 32 heavy (non-hydrogen) atoms. The van der Waals surface area contributed by atoms with Crippen LogP contribution in [0.3, 0.4) is 0 Å². The number of para-hydroxylation sites is 1.